The average molecular weight is 406 g/mol. The zero-order valence-corrected chi connectivity index (χ0v) is 15.5. The molecule has 0 spiro atoms. The Bertz CT molecular complexity index is 867. The van der Waals surface area contributed by atoms with Crippen LogP contribution in [0.1, 0.15) is 36.5 Å². The number of halogens is 4. The van der Waals surface area contributed by atoms with E-state index in [2.05, 4.69) is 15.0 Å². The fourth-order valence-corrected chi connectivity index (χ4v) is 3.31. The van der Waals surface area contributed by atoms with E-state index in [0.29, 0.717) is 12.5 Å². The number of nitrogens with zero attached hydrogens (tertiary/aromatic N) is 2. The highest BCUT2D eigenvalue weighted by Crippen LogP contribution is 2.29. The molecule has 27 heavy (non-hydrogen) atoms. The van der Waals surface area contributed by atoms with Crippen LogP contribution in [0.2, 0.25) is 0 Å². The maximum absolute atomic E-state index is 14.6. The van der Waals surface area contributed by atoms with Crippen molar-refractivity contribution in [3.8, 4) is 0 Å². The molecule has 0 saturated carbocycles. The topological polar surface area (TPSA) is 76.0 Å². The van der Waals surface area contributed by atoms with E-state index in [1.54, 1.807) is 6.92 Å². The highest BCUT2D eigenvalue weighted by molar-refractivity contribution is 7.83. The normalized spacial score (nSPS) is 14.0. The third-order valence-corrected chi connectivity index (χ3v) is 5.03. The molecule has 0 aliphatic rings. The molecule has 1 unspecified atom stereocenters. The number of carbonyl (C=O) groups is 1. The first-order chi connectivity index (χ1) is 12.5. The molecule has 2 N–H and O–H groups in total. The predicted octanol–water partition coefficient (Wildman–Crippen LogP) is 3.24. The minimum atomic E-state index is -4.68. The minimum absolute atomic E-state index is 0.139. The van der Waals surface area contributed by atoms with Gasteiger partial charge in [-0.25, -0.2) is 13.3 Å². The molecule has 11 heteroatoms. The maximum atomic E-state index is 14.6. The lowest BCUT2D eigenvalue weighted by Crippen LogP contribution is -2.27. The van der Waals surface area contributed by atoms with E-state index in [-0.39, 0.29) is 16.6 Å². The second-order valence-corrected chi connectivity index (χ2v) is 7.06. The molecule has 0 aromatic carbocycles. The van der Waals surface area contributed by atoms with Gasteiger partial charge in [-0.3, -0.25) is 9.78 Å². The van der Waals surface area contributed by atoms with Crippen molar-refractivity contribution in [2.75, 3.05) is 5.32 Å². The number of carbonyl (C=O) groups excluding carboxylic acids is 1. The van der Waals surface area contributed by atoms with Gasteiger partial charge in [0.05, 0.1) is 0 Å². The second-order valence-electron chi connectivity index (χ2n) is 5.84. The van der Waals surface area contributed by atoms with Gasteiger partial charge >= 0.3 is 6.18 Å². The number of hydrogen-bond acceptors (Lipinski definition) is 3. The van der Waals surface area contributed by atoms with E-state index in [9.17, 15) is 26.6 Å². The van der Waals surface area contributed by atoms with Crippen LogP contribution in [0.4, 0.5) is 23.2 Å². The van der Waals surface area contributed by atoms with Crippen molar-refractivity contribution in [3.05, 3.63) is 41.7 Å². The van der Waals surface area contributed by atoms with Crippen LogP contribution in [0.15, 0.2) is 29.4 Å². The smallest absolute Gasteiger partial charge is 0.343 e. The van der Waals surface area contributed by atoms with E-state index in [4.69, 9.17) is 0 Å². The van der Waals surface area contributed by atoms with Crippen molar-refractivity contribution < 1.29 is 26.6 Å². The molecule has 2 rings (SSSR count). The van der Waals surface area contributed by atoms with E-state index < -0.39 is 40.3 Å². The van der Waals surface area contributed by atoms with Gasteiger partial charge in [0, 0.05) is 31.2 Å². The summed E-state index contributed by atoms with van der Waals surface area (Å²) in [6, 6.07) is 1.65. The molecule has 0 fully saturated rings. The van der Waals surface area contributed by atoms with Crippen molar-refractivity contribution in [2.24, 2.45) is 7.05 Å². The average Bonchev–Trinajstić information content (AvgIpc) is 2.88. The first-order valence-corrected chi connectivity index (χ1v) is 9.07. The van der Waals surface area contributed by atoms with Crippen LogP contribution < -0.4 is 10.0 Å². The largest absolute Gasteiger partial charge is 0.433 e. The zero-order valence-electron chi connectivity index (χ0n) is 14.7. The molecule has 0 saturated heterocycles. The summed E-state index contributed by atoms with van der Waals surface area (Å²) in [4.78, 5) is 15.3. The number of amides is 1. The van der Waals surface area contributed by atoms with Crippen LogP contribution in [0.5, 0.6) is 0 Å². The van der Waals surface area contributed by atoms with Crippen molar-refractivity contribution in [3.63, 3.8) is 0 Å². The Labute approximate surface area is 155 Å². The number of hydrogen-bond donors (Lipinski definition) is 2. The highest BCUT2D eigenvalue weighted by Gasteiger charge is 2.33. The zero-order chi connectivity index (χ0) is 20.4. The van der Waals surface area contributed by atoms with Gasteiger partial charge in [-0.05, 0) is 25.5 Å². The molecule has 0 radical (unpaired) electrons. The first kappa shape index (κ1) is 21.0. The Hall–Kier alpha value is -2.27. The van der Waals surface area contributed by atoms with Crippen LogP contribution in [-0.4, -0.2) is 25.7 Å². The summed E-state index contributed by atoms with van der Waals surface area (Å²) in [6.45, 7) is 3.63. The van der Waals surface area contributed by atoms with Gasteiger partial charge in [-0.2, -0.15) is 13.2 Å². The standard InChI is InChI=1S/C16H18F4N4O2S/c1-4-9(2)23-27(26)11-8-24(3)14(13(11)17)15(25)22-10-5-6-21-12(7-10)16(18,19)20/h5-9,23H,4H2,1-3H3,(H,21,22,25)/t9-,27?/m1/s1. The Morgan fingerprint density at radius 1 is 1.41 bits per heavy atom. The Morgan fingerprint density at radius 2 is 2.07 bits per heavy atom. The molecule has 6 nitrogen and oxygen atoms in total. The van der Waals surface area contributed by atoms with Crippen LogP contribution in [0.25, 0.3) is 0 Å². The van der Waals surface area contributed by atoms with Crippen molar-refractivity contribution >= 4 is 22.6 Å². The van der Waals surface area contributed by atoms with Gasteiger partial charge in [0.1, 0.15) is 27.3 Å². The summed E-state index contributed by atoms with van der Waals surface area (Å²) >= 11 is 0. The van der Waals surface area contributed by atoms with Gasteiger partial charge in [0.15, 0.2) is 5.82 Å². The van der Waals surface area contributed by atoms with Crippen molar-refractivity contribution in [1.29, 1.82) is 0 Å². The monoisotopic (exact) mass is 406 g/mol. The number of aryl methyl sites for hydroxylation is 1. The molecular weight excluding hydrogens is 388 g/mol. The molecule has 0 aliphatic heterocycles. The molecule has 0 bridgehead atoms. The highest BCUT2D eigenvalue weighted by atomic mass is 32.2. The van der Waals surface area contributed by atoms with Gasteiger partial charge in [-0.1, -0.05) is 6.92 Å². The van der Waals surface area contributed by atoms with E-state index in [1.165, 1.54) is 13.2 Å². The summed E-state index contributed by atoms with van der Waals surface area (Å²) < 4.78 is 68.8. The first-order valence-electron chi connectivity index (χ1n) is 7.92. The molecule has 2 heterocycles. The van der Waals surface area contributed by atoms with Crippen molar-refractivity contribution in [2.45, 2.75) is 37.4 Å². The number of anilines is 1. The summed E-state index contributed by atoms with van der Waals surface area (Å²) in [5.41, 5.74) is -1.83. The Morgan fingerprint density at radius 3 is 2.67 bits per heavy atom. The maximum Gasteiger partial charge on any atom is 0.433 e. The van der Waals surface area contributed by atoms with Gasteiger partial charge in [0.2, 0.25) is 0 Å². The number of rotatable bonds is 6. The van der Waals surface area contributed by atoms with Gasteiger partial charge in [0.25, 0.3) is 5.91 Å². The lowest BCUT2D eigenvalue weighted by Gasteiger charge is -2.10. The molecule has 0 aliphatic carbocycles. The van der Waals surface area contributed by atoms with Crippen LogP contribution >= 0.6 is 0 Å². The van der Waals surface area contributed by atoms with Gasteiger partial charge < -0.3 is 9.88 Å². The summed E-state index contributed by atoms with van der Waals surface area (Å²) in [5.74, 6) is -1.98. The second kappa shape index (κ2) is 8.17. The number of alkyl halides is 3. The molecule has 2 atom stereocenters. The van der Waals surface area contributed by atoms with Gasteiger partial charge in [-0.15, -0.1) is 0 Å². The third-order valence-electron chi connectivity index (χ3n) is 3.73. The quantitative estimate of drug-likeness (QED) is 0.724. The SMILES string of the molecule is CC[C@@H](C)NS(=O)c1cn(C)c(C(=O)Nc2ccnc(C(F)(F)F)c2)c1F. The fourth-order valence-electron chi connectivity index (χ4n) is 2.14. The lowest BCUT2D eigenvalue weighted by atomic mass is 10.3. The molecule has 148 valence electrons. The Kier molecular flexibility index (Phi) is 6.37. The number of aromatic nitrogens is 2. The number of pyridine rings is 1. The molecular formula is C16H18F4N4O2S. The Balaban J connectivity index is 2.26. The van der Waals surface area contributed by atoms with Crippen molar-refractivity contribution in [1.82, 2.24) is 14.3 Å². The number of nitrogens with one attached hydrogen (secondary N) is 2. The molecule has 2 aromatic rings. The fraction of sp³-hybridized carbons (Fsp3) is 0.375. The summed E-state index contributed by atoms with van der Waals surface area (Å²) in [6.07, 6.45) is -1.93. The van der Waals surface area contributed by atoms with Crippen LogP contribution in [0.3, 0.4) is 0 Å². The summed E-state index contributed by atoms with van der Waals surface area (Å²) in [7, 11) is -0.507. The predicted molar refractivity (Wildman–Crippen MR) is 91.9 cm³/mol. The van der Waals surface area contributed by atoms with Crippen LogP contribution in [-0.2, 0) is 24.2 Å². The van der Waals surface area contributed by atoms with E-state index in [0.717, 1.165) is 16.8 Å². The molecule has 2 aromatic heterocycles. The summed E-state index contributed by atoms with van der Waals surface area (Å²) in [5, 5.41) is 2.20. The van der Waals surface area contributed by atoms with Crippen LogP contribution in [0, 0.1) is 5.82 Å². The molecule has 1 amide bonds. The lowest BCUT2D eigenvalue weighted by molar-refractivity contribution is -0.141. The minimum Gasteiger partial charge on any atom is -0.343 e. The third kappa shape index (κ3) is 4.92. The van der Waals surface area contributed by atoms with E-state index >= 15 is 0 Å². The van der Waals surface area contributed by atoms with E-state index in [1.807, 2.05) is 6.92 Å².